The van der Waals surface area contributed by atoms with E-state index in [1.54, 1.807) is 6.07 Å². The minimum absolute atomic E-state index is 0.167. The molecule has 0 spiro atoms. The SMILES string of the molecule is COc1ccc(Cl)cc1C(=O)NNC(=O)COC(=O)C[C@@H]1C=CCC1. The van der Waals surface area contributed by atoms with E-state index in [-0.39, 0.29) is 17.9 Å². The Kier molecular flexibility index (Phi) is 6.82. The van der Waals surface area contributed by atoms with Crippen molar-refractivity contribution in [3.8, 4) is 5.75 Å². The highest BCUT2D eigenvalue weighted by Gasteiger charge is 2.17. The first kappa shape index (κ1) is 18.8. The van der Waals surface area contributed by atoms with Crippen LogP contribution < -0.4 is 15.6 Å². The van der Waals surface area contributed by atoms with Crippen LogP contribution in [-0.2, 0) is 14.3 Å². The molecular formula is C17H19ClN2O5. The smallest absolute Gasteiger partial charge is 0.306 e. The third kappa shape index (κ3) is 5.79. The first-order chi connectivity index (χ1) is 12.0. The van der Waals surface area contributed by atoms with Gasteiger partial charge in [0.1, 0.15) is 5.75 Å². The maximum absolute atomic E-state index is 12.1. The predicted octanol–water partition coefficient (Wildman–Crippen LogP) is 2.01. The van der Waals surface area contributed by atoms with Crippen LogP contribution in [0, 0.1) is 5.92 Å². The molecule has 1 aliphatic carbocycles. The number of hydrazine groups is 1. The first-order valence-corrected chi connectivity index (χ1v) is 8.12. The average Bonchev–Trinajstić information content (AvgIpc) is 3.10. The molecule has 8 heteroatoms. The predicted molar refractivity (Wildman–Crippen MR) is 91.1 cm³/mol. The van der Waals surface area contributed by atoms with E-state index in [0.717, 1.165) is 12.8 Å². The normalized spacial score (nSPS) is 15.5. The van der Waals surface area contributed by atoms with Gasteiger partial charge in [-0.1, -0.05) is 23.8 Å². The number of halogens is 1. The molecule has 1 atom stereocenters. The molecule has 0 aromatic heterocycles. The van der Waals surface area contributed by atoms with E-state index in [1.165, 1.54) is 19.2 Å². The number of hydrogen-bond acceptors (Lipinski definition) is 5. The van der Waals surface area contributed by atoms with Gasteiger partial charge in [-0.05, 0) is 37.0 Å². The maximum atomic E-state index is 12.1. The number of nitrogens with one attached hydrogen (secondary N) is 2. The Balaban J connectivity index is 1.75. The second-order valence-electron chi connectivity index (χ2n) is 5.48. The van der Waals surface area contributed by atoms with Gasteiger partial charge in [-0.25, -0.2) is 0 Å². The van der Waals surface area contributed by atoms with Crippen molar-refractivity contribution >= 4 is 29.4 Å². The van der Waals surface area contributed by atoms with Gasteiger partial charge < -0.3 is 9.47 Å². The largest absolute Gasteiger partial charge is 0.496 e. The lowest BCUT2D eigenvalue weighted by Crippen LogP contribution is -2.43. The molecule has 2 amide bonds. The summed E-state index contributed by atoms with van der Waals surface area (Å²) >= 11 is 5.85. The van der Waals surface area contributed by atoms with Crippen LogP contribution in [0.25, 0.3) is 0 Å². The van der Waals surface area contributed by atoms with Crippen molar-refractivity contribution < 1.29 is 23.9 Å². The first-order valence-electron chi connectivity index (χ1n) is 7.74. The fourth-order valence-corrected chi connectivity index (χ4v) is 2.54. The van der Waals surface area contributed by atoms with Crippen LogP contribution in [0.1, 0.15) is 29.6 Å². The third-order valence-electron chi connectivity index (χ3n) is 3.63. The van der Waals surface area contributed by atoms with E-state index < -0.39 is 24.4 Å². The van der Waals surface area contributed by atoms with Crippen molar-refractivity contribution in [3.05, 3.63) is 40.9 Å². The van der Waals surface area contributed by atoms with Crippen molar-refractivity contribution in [3.63, 3.8) is 0 Å². The summed E-state index contributed by atoms with van der Waals surface area (Å²) in [6.45, 7) is -0.470. The van der Waals surface area contributed by atoms with Crippen LogP contribution in [0.5, 0.6) is 5.75 Å². The molecule has 2 N–H and O–H groups in total. The van der Waals surface area contributed by atoms with Gasteiger partial charge in [-0.3, -0.25) is 25.2 Å². The molecule has 0 heterocycles. The molecular weight excluding hydrogens is 348 g/mol. The number of allylic oxidation sites excluding steroid dienone is 2. The van der Waals surface area contributed by atoms with Gasteiger partial charge in [0, 0.05) is 5.02 Å². The number of rotatable bonds is 6. The van der Waals surface area contributed by atoms with Gasteiger partial charge in [0.25, 0.3) is 11.8 Å². The highest BCUT2D eigenvalue weighted by atomic mass is 35.5. The monoisotopic (exact) mass is 366 g/mol. The Morgan fingerprint density at radius 1 is 1.28 bits per heavy atom. The molecule has 0 aliphatic heterocycles. The van der Waals surface area contributed by atoms with E-state index in [9.17, 15) is 14.4 Å². The molecule has 0 radical (unpaired) electrons. The van der Waals surface area contributed by atoms with E-state index >= 15 is 0 Å². The van der Waals surface area contributed by atoms with Crippen molar-refractivity contribution in [1.82, 2.24) is 10.9 Å². The van der Waals surface area contributed by atoms with Gasteiger partial charge >= 0.3 is 5.97 Å². The molecule has 1 aromatic rings. The number of benzene rings is 1. The Morgan fingerprint density at radius 3 is 2.76 bits per heavy atom. The fraction of sp³-hybridized carbons (Fsp3) is 0.353. The van der Waals surface area contributed by atoms with Gasteiger partial charge in [0.15, 0.2) is 6.61 Å². The zero-order chi connectivity index (χ0) is 18.2. The van der Waals surface area contributed by atoms with Crippen molar-refractivity contribution in [2.75, 3.05) is 13.7 Å². The molecule has 25 heavy (non-hydrogen) atoms. The van der Waals surface area contributed by atoms with Crippen LogP contribution in [0.15, 0.2) is 30.4 Å². The molecule has 0 unspecified atom stereocenters. The van der Waals surface area contributed by atoms with Crippen LogP contribution in [-0.4, -0.2) is 31.5 Å². The van der Waals surface area contributed by atoms with Crippen LogP contribution in [0.3, 0.4) is 0 Å². The zero-order valence-corrected chi connectivity index (χ0v) is 14.5. The minimum atomic E-state index is -0.648. The van der Waals surface area contributed by atoms with Crippen LogP contribution in [0.2, 0.25) is 5.02 Å². The second-order valence-corrected chi connectivity index (χ2v) is 5.91. The Morgan fingerprint density at radius 2 is 2.08 bits per heavy atom. The number of methoxy groups -OCH3 is 1. The van der Waals surface area contributed by atoms with Crippen LogP contribution >= 0.6 is 11.6 Å². The van der Waals surface area contributed by atoms with Gasteiger partial charge in [-0.15, -0.1) is 0 Å². The Hall–Kier alpha value is -2.54. The number of ether oxygens (including phenoxy) is 2. The molecule has 2 rings (SSSR count). The van der Waals surface area contributed by atoms with Crippen molar-refractivity contribution in [2.45, 2.75) is 19.3 Å². The summed E-state index contributed by atoms with van der Waals surface area (Å²) in [4.78, 5) is 35.4. The average molecular weight is 367 g/mol. The second kappa shape index (κ2) is 9.08. The van der Waals surface area contributed by atoms with Crippen LogP contribution in [0.4, 0.5) is 0 Å². The van der Waals surface area contributed by atoms with Crippen molar-refractivity contribution in [1.29, 1.82) is 0 Å². The zero-order valence-electron chi connectivity index (χ0n) is 13.7. The Bertz CT molecular complexity index is 690. The lowest BCUT2D eigenvalue weighted by Gasteiger charge is -2.11. The van der Waals surface area contributed by atoms with E-state index in [2.05, 4.69) is 10.9 Å². The van der Waals surface area contributed by atoms with Gasteiger partial charge in [0.2, 0.25) is 0 Å². The molecule has 1 aromatic carbocycles. The summed E-state index contributed by atoms with van der Waals surface area (Å²) in [5, 5.41) is 0.354. The number of carbonyl (C=O) groups excluding carboxylic acids is 3. The fourth-order valence-electron chi connectivity index (χ4n) is 2.37. The third-order valence-corrected chi connectivity index (χ3v) is 3.86. The Labute approximate surface area is 150 Å². The quantitative estimate of drug-likeness (QED) is 0.456. The lowest BCUT2D eigenvalue weighted by molar-refractivity contribution is -0.149. The summed E-state index contributed by atoms with van der Waals surface area (Å²) < 4.78 is 9.95. The molecule has 134 valence electrons. The molecule has 1 aliphatic rings. The standard InChI is InChI=1S/C17H19ClN2O5/c1-24-14-7-6-12(18)9-13(14)17(23)20-19-15(21)10-25-16(22)8-11-4-2-3-5-11/h2,4,6-7,9,11H,3,5,8,10H2,1H3,(H,19,21)(H,20,23)/t11-/m1/s1. The minimum Gasteiger partial charge on any atom is -0.496 e. The van der Waals surface area contributed by atoms with E-state index in [1.807, 2.05) is 12.2 Å². The number of amides is 2. The molecule has 0 saturated carbocycles. The summed E-state index contributed by atoms with van der Waals surface area (Å²) in [6.07, 6.45) is 6.11. The highest BCUT2D eigenvalue weighted by molar-refractivity contribution is 6.31. The number of carbonyl (C=O) groups is 3. The van der Waals surface area contributed by atoms with Gasteiger partial charge in [0.05, 0.1) is 19.1 Å². The molecule has 0 fully saturated rings. The van der Waals surface area contributed by atoms with E-state index in [0.29, 0.717) is 10.8 Å². The molecule has 0 bridgehead atoms. The number of esters is 1. The molecule has 0 saturated heterocycles. The summed E-state index contributed by atoms with van der Waals surface area (Å²) in [5.41, 5.74) is 4.56. The highest BCUT2D eigenvalue weighted by Crippen LogP contribution is 2.22. The molecule has 7 nitrogen and oxygen atoms in total. The van der Waals surface area contributed by atoms with E-state index in [4.69, 9.17) is 21.1 Å². The van der Waals surface area contributed by atoms with Gasteiger partial charge in [-0.2, -0.15) is 0 Å². The summed E-state index contributed by atoms with van der Waals surface area (Å²) in [6, 6.07) is 4.53. The number of hydrogen-bond donors (Lipinski definition) is 2. The topological polar surface area (TPSA) is 93.7 Å². The lowest BCUT2D eigenvalue weighted by atomic mass is 10.1. The summed E-state index contributed by atoms with van der Waals surface area (Å²) in [7, 11) is 1.41. The van der Waals surface area contributed by atoms with Crippen molar-refractivity contribution in [2.24, 2.45) is 5.92 Å². The summed E-state index contributed by atoms with van der Waals surface area (Å²) in [5.74, 6) is -1.22. The maximum Gasteiger partial charge on any atom is 0.306 e.